The Kier molecular flexibility index (Phi) is 8.90. The van der Waals surface area contributed by atoms with Crippen LogP contribution in [0.4, 0.5) is 21.6 Å². The van der Waals surface area contributed by atoms with Gasteiger partial charge in [-0.25, -0.2) is 19.8 Å². The van der Waals surface area contributed by atoms with E-state index in [2.05, 4.69) is 20.6 Å². The van der Waals surface area contributed by atoms with E-state index >= 15 is 0 Å². The Morgan fingerprint density at radius 2 is 2.06 bits per heavy atom. The van der Waals surface area contributed by atoms with Crippen molar-refractivity contribution in [3.8, 4) is 5.75 Å². The average molecular weight is 503 g/mol. The second-order valence-corrected chi connectivity index (χ2v) is 7.89. The highest BCUT2D eigenvalue weighted by atomic mass is 35.5. The number of aromatic nitrogens is 2. The number of carbonyl (C=O) groups excluding carboxylic acids is 2. The third kappa shape index (κ3) is 7.09. The summed E-state index contributed by atoms with van der Waals surface area (Å²) in [5.74, 6) is -0.571. The number of methoxy groups -OCH3 is 1. The quantitative estimate of drug-likeness (QED) is 0.188. The van der Waals surface area contributed by atoms with Gasteiger partial charge in [-0.2, -0.15) is 0 Å². The molecule has 0 aliphatic heterocycles. The number of nitrogens with one attached hydrogen (secondary N) is 3. The lowest BCUT2D eigenvalue weighted by molar-refractivity contribution is -0.129. The molecule has 1 aromatic heterocycles. The van der Waals surface area contributed by atoms with E-state index in [9.17, 15) is 14.0 Å². The average Bonchev–Trinajstić information content (AvgIpc) is 2.84. The first-order valence-electron chi connectivity index (χ1n) is 10.4. The van der Waals surface area contributed by atoms with Crippen molar-refractivity contribution >= 4 is 51.5 Å². The number of benzene rings is 2. The maximum absolute atomic E-state index is 13.5. The van der Waals surface area contributed by atoms with Gasteiger partial charge in [-0.1, -0.05) is 17.7 Å². The van der Waals surface area contributed by atoms with Crippen LogP contribution in [-0.4, -0.2) is 59.1 Å². The molecule has 0 fully saturated rings. The van der Waals surface area contributed by atoms with Gasteiger partial charge in [0, 0.05) is 42.7 Å². The van der Waals surface area contributed by atoms with Gasteiger partial charge in [-0.05, 0) is 31.3 Å². The lowest BCUT2D eigenvalue weighted by atomic mass is 10.1. The Morgan fingerprint density at radius 1 is 1.26 bits per heavy atom. The SMILES string of the molecule is COc1cc2ncnc(Nc3ccc(F)c(Cl)c3)c2cc1NC(=O)/C=C/CN(C)CCC(=O)NO. The summed E-state index contributed by atoms with van der Waals surface area (Å²) in [5.41, 5.74) is 3.07. The van der Waals surface area contributed by atoms with Crippen molar-refractivity contribution in [2.24, 2.45) is 0 Å². The molecule has 184 valence electrons. The highest BCUT2D eigenvalue weighted by Gasteiger charge is 2.13. The fraction of sp³-hybridized carbons (Fsp3) is 0.217. The molecular formula is C23H24ClFN6O4. The summed E-state index contributed by atoms with van der Waals surface area (Å²) in [7, 11) is 3.26. The lowest BCUT2D eigenvalue weighted by Crippen LogP contribution is -2.27. The van der Waals surface area contributed by atoms with Crippen LogP contribution in [0.1, 0.15) is 6.42 Å². The summed E-state index contributed by atoms with van der Waals surface area (Å²) in [5, 5.41) is 15.0. The molecule has 35 heavy (non-hydrogen) atoms. The van der Waals surface area contributed by atoms with Gasteiger partial charge in [0.15, 0.2) is 0 Å². The van der Waals surface area contributed by atoms with E-state index < -0.39 is 11.7 Å². The van der Waals surface area contributed by atoms with Gasteiger partial charge >= 0.3 is 0 Å². The Hall–Kier alpha value is -3.80. The van der Waals surface area contributed by atoms with Crippen LogP contribution in [0.15, 0.2) is 48.8 Å². The molecule has 2 aromatic carbocycles. The Balaban J connectivity index is 1.76. The van der Waals surface area contributed by atoms with Crippen LogP contribution in [0.2, 0.25) is 5.02 Å². The molecule has 3 rings (SSSR count). The standard InChI is InChI=1S/C23H24ClFN6O4/c1-31(9-7-22(33)30-34)8-3-4-21(32)29-19-11-15-18(12-20(19)35-2)26-13-27-23(15)28-14-5-6-17(25)16(24)10-14/h3-6,10-13,34H,7-9H2,1-2H3,(H,29,32)(H,30,33)(H,26,27,28)/b4-3+. The van der Waals surface area contributed by atoms with Crippen LogP contribution < -0.4 is 20.9 Å². The Labute approximate surface area is 205 Å². The summed E-state index contributed by atoms with van der Waals surface area (Å²) in [6.45, 7) is 0.828. The summed E-state index contributed by atoms with van der Waals surface area (Å²) in [6.07, 6.45) is 4.52. The molecular weight excluding hydrogens is 479 g/mol. The smallest absolute Gasteiger partial charge is 0.248 e. The topological polar surface area (TPSA) is 129 Å². The number of likely N-dealkylation sites (N-methyl/N-ethyl adjacent to an activating group) is 1. The fourth-order valence-electron chi connectivity index (χ4n) is 3.11. The van der Waals surface area contributed by atoms with Crippen LogP contribution in [0, 0.1) is 5.82 Å². The fourth-order valence-corrected chi connectivity index (χ4v) is 3.29. The molecule has 1 heterocycles. The molecule has 0 spiro atoms. The molecule has 12 heteroatoms. The number of nitrogens with zero attached hydrogens (tertiary/aromatic N) is 3. The van der Waals surface area contributed by atoms with E-state index in [1.165, 1.54) is 37.7 Å². The number of halogens is 2. The van der Waals surface area contributed by atoms with Gasteiger partial charge in [0.05, 0.1) is 23.3 Å². The van der Waals surface area contributed by atoms with E-state index in [4.69, 9.17) is 21.5 Å². The maximum atomic E-state index is 13.5. The summed E-state index contributed by atoms with van der Waals surface area (Å²) < 4.78 is 18.9. The zero-order valence-corrected chi connectivity index (χ0v) is 19.8. The van der Waals surface area contributed by atoms with E-state index in [0.29, 0.717) is 46.9 Å². The summed E-state index contributed by atoms with van der Waals surface area (Å²) in [6, 6.07) is 7.55. The molecule has 4 N–H and O–H groups in total. The first kappa shape index (κ1) is 25.8. The molecule has 0 aliphatic rings. The molecule has 0 saturated carbocycles. The molecule has 10 nitrogen and oxygen atoms in total. The largest absolute Gasteiger partial charge is 0.494 e. The van der Waals surface area contributed by atoms with Gasteiger partial charge in [-0.15, -0.1) is 0 Å². The monoisotopic (exact) mass is 502 g/mol. The van der Waals surface area contributed by atoms with Crippen LogP contribution in [-0.2, 0) is 9.59 Å². The number of hydroxylamine groups is 1. The van der Waals surface area contributed by atoms with Gasteiger partial charge in [0.25, 0.3) is 0 Å². The number of anilines is 3. The van der Waals surface area contributed by atoms with Crippen molar-refractivity contribution in [3.05, 3.63) is 59.7 Å². The number of hydrogen-bond donors (Lipinski definition) is 4. The van der Waals surface area contributed by atoms with E-state index in [0.717, 1.165) is 0 Å². The first-order chi connectivity index (χ1) is 16.8. The minimum atomic E-state index is -0.533. The zero-order valence-electron chi connectivity index (χ0n) is 19.0. The lowest BCUT2D eigenvalue weighted by Gasteiger charge is -2.14. The molecule has 3 aromatic rings. The van der Waals surface area contributed by atoms with Crippen LogP contribution >= 0.6 is 11.6 Å². The van der Waals surface area contributed by atoms with Crippen LogP contribution in [0.25, 0.3) is 10.9 Å². The van der Waals surface area contributed by atoms with Crippen molar-refractivity contribution in [1.82, 2.24) is 20.3 Å². The summed E-state index contributed by atoms with van der Waals surface area (Å²) >= 11 is 5.87. The molecule has 2 amide bonds. The Morgan fingerprint density at radius 3 is 2.77 bits per heavy atom. The zero-order chi connectivity index (χ0) is 25.4. The minimum Gasteiger partial charge on any atom is -0.494 e. The van der Waals surface area contributed by atoms with E-state index in [1.807, 2.05) is 4.90 Å². The number of hydrogen-bond acceptors (Lipinski definition) is 8. The molecule has 0 saturated heterocycles. The van der Waals surface area contributed by atoms with Crippen molar-refractivity contribution in [2.45, 2.75) is 6.42 Å². The molecule has 0 bridgehead atoms. The van der Waals surface area contributed by atoms with Crippen molar-refractivity contribution in [1.29, 1.82) is 0 Å². The molecule has 0 atom stereocenters. The number of fused-ring (bicyclic) bond motifs is 1. The number of carbonyl (C=O) groups is 2. The van der Waals surface area contributed by atoms with Crippen molar-refractivity contribution in [3.63, 3.8) is 0 Å². The predicted octanol–water partition coefficient (Wildman–Crippen LogP) is 3.50. The predicted molar refractivity (Wildman–Crippen MR) is 131 cm³/mol. The third-order valence-corrected chi connectivity index (χ3v) is 5.22. The number of rotatable bonds is 10. The second kappa shape index (κ2) is 12.1. The highest BCUT2D eigenvalue weighted by molar-refractivity contribution is 6.31. The normalized spacial score (nSPS) is 11.1. The summed E-state index contributed by atoms with van der Waals surface area (Å²) in [4.78, 5) is 33.9. The van der Waals surface area contributed by atoms with Gasteiger partial charge < -0.3 is 20.3 Å². The van der Waals surface area contributed by atoms with Gasteiger partial charge in [0.1, 0.15) is 23.7 Å². The highest BCUT2D eigenvalue weighted by Crippen LogP contribution is 2.33. The second-order valence-electron chi connectivity index (χ2n) is 7.48. The minimum absolute atomic E-state index is 0.0305. The van der Waals surface area contributed by atoms with Crippen molar-refractivity contribution < 1.29 is 23.9 Å². The molecule has 0 radical (unpaired) electrons. The number of ether oxygens (including phenoxy) is 1. The number of amides is 2. The maximum Gasteiger partial charge on any atom is 0.248 e. The van der Waals surface area contributed by atoms with E-state index in [1.54, 1.807) is 30.7 Å². The third-order valence-electron chi connectivity index (χ3n) is 4.93. The van der Waals surface area contributed by atoms with Crippen molar-refractivity contribution in [2.75, 3.05) is 37.9 Å². The Bertz CT molecular complexity index is 1260. The molecule has 0 aliphatic carbocycles. The van der Waals surface area contributed by atoms with Crippen LogP contribution in [0.3, 0.4) is 0 Å². The van der Waals surface area contributed by atoms with Gasteiger partial charge in [0.2, 0.25) is 11.8 Å². The van der Waals surface area contributed by atoms with Gasteiger partial charge in [-0.3, -0.25) is 14.8 Å². The van der Waals surface area contributed by atoms with Crippen LogP contribution in [0.5, 0.6) is 5.75 Å². The first-order valence-corrected chi connectivity index (χ1v) is 10.8. The molecule has 0 unspecified atom stereocenters. The van der Waals surface area contributed by atoms with E-state index in [-0.39, 0.29) is 17.4 Å².